The highest BCUT2D eigenvalue weighted by Gasteiger charge is 2.16. The molecule has 0 spiro atoms. The van der Waals surface area contributed by atoms with Crippen LogP contribution in [0, 0.1) is 0 Å². The molecule has 0 fully saturated rings. The van der Waals surface area contributed by atoms with Crippen LogP contribution in [0.25, 0.3) is 10.8 Å². The molecule has 0 heterocycles. The highest BCUT2D eigenvalue weighted by molar-refractivity contribution is 7.90. The zero-order chi connectivity index (χ0) is 21.0. The molecule has 29 heavy (non-hydrogen) atoms. The molecule has 0 bridgehead atoms. The highest BCUT2D eigenvalue weighted by atomic mass is 32.2. The molecule has 1 atom stereocenters. The molecule has 150 valence electrons. The van der Waals surface area contributed by atoms with E-state index in [4.69, 9.17) is 4.74 Å². The van der Waals surface area contributed by atoms with Crippen LogP contribution in [0.3, 0.4) is 0 Å². The summed E-state index contributed by atoms with van der Waals surface area (Å²) in [6.07, 6.45) is 0.239. The Hall–Kier alpha value is -3.39. The molecule has 2 N–H and O–H groups in total. The Morgan fingerprint density at radius 3 is 2.21 bits per heavy atom. The van der Waals surface area contributed by atoms with Crippen molar-refractivity contribution in [3.63, 3.8) is 0 Å². The minimum Gasteiger partial charge on any atom is -0.481 e. The van der Waals surface area contributed by atoms with E-state index in [1.165, 1.54) is 24.3 Å². The number of ether oxygens (including phenoxy) is 1. The zero-order valence-corrected chi connectivity index (χ0v) is 16.7. The van der Waals surface area contributed by atoms with Gasteiger partial charge in [-0.1, -0.05) is 30.3 Å². The normalized spacial score (nSPS) is 12.2. The number of fused-ring (bicyclic) bond motifs is 1. The average Bonchev–Trinajstić information content (AvgIpc) is 2.71. The number of hydrogen-bond acceptors (Lipinski definition) is 5. The molecule has 0 aliphatic heterocycles. The molecule has 3 rings (SSSR count). The van der Waals surface area contributed by atoms with E-state index >= 15 is 0 Å². The van der Waals surface area contributed by atoms with Gasteiger partial charge < -0.3 is 4.74 Å². The molecule has 3 aromatic carbocycles. The first-order chi connectivity index (χ1) is 13.7. The Kier molecular flexibility index (Phi) is 5.84. The van der Waals surface area contributed by atoms with Gasteiger partial charge in [0.15, 0.2) is 15.9 Å². The summed E-state index contributed by atoms with van der Waals surface area (Å²) in [4.78, 5) is 24.4. The molecule has 0 aliphatic rings. The minimum atomic E-state index is -3.34. The highest BCUT2D eigenvalue weighted by Crippen LogP contribution is 2.21. The van der Waals surface area contributed by atoms with E-state index in [-0.39, 0.29) is 10.5 Å². The van der Waals surface area contributed by atoms with Crippen molar-refractivity contribution in [1.29, 1.82) is 0 Å². The van der Waals surface area contributed by atoms with E-state index < -0.39 is 27.8 Å². The predicted molar refractivity (Wildman–Crippen MR) is 109 cm³/mol. The molecule has 0 aromatic heterocycles. The fourth-order valence-electron chi connectivity index (χ4n) is 2.64. The number of rotatable bonds is 5. The molecule has 0 aliphatic carbocycles. The van der Waals surface area contributed by atoms with Crippen LogP contribution in [-0.4, -0.2) is 32.6 Å². The predicted octanol–water partition coefficient (Wildman–Crippen LogP) is 2.47. The van der Waals surface area contributed by atoms with Crippen molar-refractivity contribution in [3.05, 3.63) is 72.3 Å². The molecular weight excluding hydrogens is 392 g/mol. The van der Waals surface area contributed by atoms with Crippen molar-refractivity contribution in [3.8, 4) is 5.75 Å². The van der Waals surface area contributed by atoms with Crippen LogP contribution < -0.4 is 15.6 Å². The van der Waals surface area contributed by atoms with Crippen molar-refractivity contribution in [2.45, 2.75) is 17.9 Å². The second-order valence-corrected chi connectivity index (χ2v) is 8.52. The number of benzene rings is 3. The monoisotopic (exact) mass is 412 g/mol. The number of nitrogens with one attached hydrogen (secondary N) is 2. The molecule has 0 unspecified atom stereocenters. The number of carbonyl (C=O) groups is 2. The fraction of sp³-hybridized carbons (Fsp3) is 0.143. The Morgan fingerprint density at radius 1 is 0.897 bits per heavy atom. The lowest BCUT2D eigenvalue weighted by molar-refractivity contribution is -0.128. The van der Waals surface area contributed by atoms with Gasteiger partial charge in [-0.15, -0.1) is 0 Å². The van der Waals surface area contributed by atoms with Gasteiger partial charge in [-0.3, -0.25) is 20.4 Å². The van der Waals surface area contributed by atoms with Crippen molar-refractivity contribution >= 4 is 32.4 Å². The van der Waals surface area contributed by atoms with Crippen LogP contribution in [0.5, 0.6) is 5.75 Å². The van der Waals surface area contributed by atoms with Gasteiger partial charge in [0, 0.05) is 11.8 Å². The summed E-state index contributed by atoms with van der Waals surface area (Å²) < 4.78 is 28.6. The summed E-state index contributed by atoms with van der Waals surface area (Å²) >= 11 is 0. The molecule has 0 saturated carbocycles. The van der Waals surface area contributed by atoms with E-state index in [2.05, 4.69) is 10.9 Å². The largest absolute Gasteiger partial charge is 0.481 e. The molecular formula is C21H20N2O5S. The molecule has 2 amide bonds. The summed E-state index contributed by atoms with van der Waals surface area (Å²) in [6.45, 7) is 1.57. The summed E-state index contributed by atoms with van der Waals surface area (Å²) in [5.74, 6) is -0.565. The molecule has 7 nitrogen and oxygen atoms in total. The van der Waals surface area contributed by atoms with E-state index in [0.29, 0.717) is 5.75 Å². The smallest absolute Gasteiger partial charge is 0.279 e. The van der Waals surface area contributed by atoms with Crippen molar-refractivity contribution in [2.24, 2.45) is 0 Å². The lowest BCUT2D eigenvalue weighted by Gasteiger charge is -2.15. The Labute approximate surface area is 168 Å². The summed E-state index contributed by atoms with van der Waals surface area (Å²) in [5, 5.41) is 2.05. The van der Waals surface area contributed by atoms with E-state index in [1.807, 2.05) is 36.4 Å². The maximum absolute atomic E-state index is 12.2. The van der Waals surface area contributed by atoms with Gasteiger partial charge in [-0.25, -0.2) is 8.42 Å². The van der Waals surface area contributed by atoms with Gasteiger partial charge in [0.05, 0.1) is 4.90 Å². The third-order valence-corrected chi connectivity index (χ3v) is 5.38. The van der Waals surface area contributed by atoms with Crippen molar-refractivity contribution < 1.29 is 22.7 Å². The lowest BCUT2D eigenvalue weighted by atomic mass is 10.1. The van der Waals surface area contributed by atoms with Crippen LogP contribution in [0.1, 0.15) is 17.3 Å². The maximum atomic E-state index is 12.2. The maximum Gasteiger partial charge on any atom is 0.279 e. The molecule has 0 saturated heterocycles. The SMILES string of the molecule is C[C@H](Oc1ccc2ccccc2c1)C(=O)NNC(=O)c1ccc(S(C)(=O)=O)cc1. The lowest BCUT2D eigenvalue weighted by Crippen LogP contribution is -2.47. The second kappa shape index (κ2) is 8.32. The van der Waals surface area contributed by atoms with E-state index in [0.717, 1.165) is 17.0 Å². The van der Waals surface area contributed by atoms with Crippen molar-refractivity contribution in [2.75, 3.05) is 6.26 Å². The quantitative estimate of drug-likeness (QED) is 0.627. The van der Waals surface area contributed by atoms with Gasteiger partial charge in [-0.05, 0) is 54.1 Å². The average molecular weight is 412 g/mol. The van der Waals surface area contributed by atoms with Crippen LogP contribution in [-0.2, 0) is 14.6 Å². The molecule has 3 aromatic rings. The zero-order valence-electron chi connectivity index (χ0n) is 15.9. The molecule has 0 radical (unpaired) electrons. The molecule has 8 heteroatoms. The van der Waals surface area contributed by atoms with Gasteiger partial charge in [-0.2, -0.15) is 0 Å². The van der Waals surface area contributed by atoms with Crippen LogP contribution in [0.15, 0.2) is 71.6 Å². The number of hydrogen-bond donors (Lipinski definition) is 2. The number of amides is 2. The third kappa shape index (κ3) is 5.11. The summed E-state index contributed by atoms with van der Waals surface area (Å²) in [6, 6.07) is 18.7. The number of sulfone groups is 1. The van der Waals surface area contributed by atoms with E-state index in [9.17, 15) is 18.0 Å². The first-order valence-corrected chi connectivity index (χ1v) is 10.7. The second-order valence-electron chi connectivity index (χ2n) is 6.51. The van der Waals surface area contributed by atoms with Gasteiger partial charge in [0.2, 0.25) is 0 Å². The standard InChI is InChI=1S/C21H20N2O5S/c1-14(28-18-10-7-15-5-3-4-6-17(15)13-18)20(24)22-23-21(25)16-8-11-19(12-9-16)29(2,26)27/h3-14H,1-2H3,(H,22,24)(H,23,25)/t14-/m0/s1. The minimum absolute atomic E-state index is 0.107. The Bertz CT molecular complexity index is 1160. The first kappa shape index (κ1) is 20.3. The van der Waals surface area contributed by atoms with Crippen LogP contribution in [0.2, 0.25) is 0 Å². The Morgan fingerprint density at radius 2 is 1.55 bits per heavy atom. The van der Waals surface area contributed by atoms with Gasteiger partial charge in [0.1, 0.15) is 5.75 Å². The summed E-state index contributed by atoms with van der Waals surface area (Å²) in [5.41, 5.74) is 4.80. The number of carbonyl (C=O) groups excluding carboxylic acids is 2. The van der Waals surface area contributed by atoms with Crippen molar-refractivity contribution in [1.82, 2.24) is 10.9 Å². The third-order valence-electron chi connectivity index (χ3n) is 4.25. The first-order valence-electron chi connectivity index (χ1n) is 8.80. The summed E-state index contributed by atoms with van der Waals surface area (Å²) in [7, 11) is -3.34. The van der Waals surface area contributed by atoms with E-state index in [1.54, 1.807) is 13.0 Å². The van der Waals surface area contributed by atoms with Crippen LogP contribution >= 0.6 is 0 Å². The number of hydrazine groups is 1. The Balaban J connectivity index is 1.57. The van der Waals surface area contributed by atoms with Crippen LogP contribution in [0.4, 0.5) is 0 Å². The topological polar surface area (TPSA) is 102 Å². The fourth-order valence-corrected chi connectivity index (χ4v) is 3.27. The van der Waals surface area contributed by atoms with Gasteiger partial charge >= 0.3 is 0 Å². The van der Waals surface area contributed by atoms with Gasteiger partial charge in [0.25, 0.3) is 11.8 Å².